The predicted molar refractivity (Wildman–Crippen MR) is 50.5 cm³/mol. The summed E-state index contributed by atoms with van der Waals surface area (Å²) in [5.74, 6) is 0. The number of hydrogen-bond donors (Lipinski definition) is 3. The first kappa shape index (κ1) is 8.56. The van der Waals surface area contributed by atoms with Crippen LogP contribution in [-0.2, 0) is 0 Å². The van der Waals surface area contributed by atoms with Crippen LogP contribution >= 0.6 is 11.6 Å². The number of fused-ring (bicyclic) bond motifs is 1. The average molecular weight is 198 g/mol. The largest absolute Gasteiger partial charge is 0.363 e. The Morgan fingerprint density at radius 3 is 2.69 bits per heavy atom. The third-order valence-corrected chi connectivity index (χ3v) is 2.12. The van der Waals surface area contributed by atoms with Crippen LogP contribution < -0.4 is 0 Å². The Hall–Kier alpha value is -1.03. The first-order valence-electron chi connectivity index (χ1n) is 3.81. The van der Waals surface area contributed by atoms with E-state index >= 15 is 0 Å². The molecule has 1 heterocycles. The minimum absolute atomic E-state index is 0.372. The summed E-state index contributed by atoms with van der Waals surface area (Å²) in [5.41, 5.74) is 1.21. The van der Waals surface area contributed by atoms with Gasteiger partial charge >= 0.3 is 0 Å². The third kappa shape index (κ3) is 1.54. The maximum Gasteiger partial charge on any atom is 0.193 e. The highest BCUT2D eigenvalue weighted by Gasteiger charge is 2.06. The van der Waals surface area contributed by atoms with Crippen LogP contribution in [-0.4, -0.2) is 15.2 Å². The van der Waals surface area contributed by atoms with Crippen LogP contribution in [0.4, 0.5) is 0 Å². The molecule has 0 spiro atoms. The van der Waals surface area contributed by atoms with E-state index in [1.165, 1.54) is 0 Å². The van der Waals surface area contributed by atoms with E-state index < -0.39 is 6.29 Å². The lowest BCUT2D eigenvalue weighted by atomic mass is 10.2. The number of aliphatic hydroxyl groups excluding tert-OH is 1. The van der Waals surface area contributed by atoms with Gasteiger partial charge in [0.25, 0.3) is 0 Å². The summed E-state index contributed by atoms with van der Waals surface area (Å²) in [6, 6.07) is 6.96. The Labute approximate surface area is 79.6 Å². The van der Waals surface area contributed by atoms with E-state index in [0.717, 1.165) is 10.9 Å². The molecule has 0 fully saturated rings. The van der Waals surface area contributed by atoms with Crippen LogP contribution in [0.2, 0.25) is 5.02 Å². The summed E-state index contributed by atoms with van der Waals surface area (Å²) in [7, 11) is 0. The first-order valence-corrected chi connectivity index (χ1v) is 4.19. The first-order chi connectivity index (χ1) is 6.16. The van der Waals surface area contributed by atoms with Gasteiger partial charge in [-0.05, 0) is 24.3 Å². The van der Waals surface area contributed by atoms with E-state index in [1.807, 2.05) is 0 Å². The van der Waals surface area contributed by atoms with Crippen LogP contribution in [0.5, 0.6) is 0 Å². The molecule has 0 saturated carbocycles. The number of halogens is 1. The van der Waals surface area contributed by atoms with Crippen molar-refractivity contribution in [3.63, 3.8) is 0 Å². The van der Waals surface area contributed by atoms with Crippen molar-refractivity contribution < 1.29 is 10.2 Å². The molecular weight excluding hydrogens is 190 g/mol. The summed E-state index contributed by atoms with van der Waals surface area (Å²) < 4.78 is 0. The maximum atomic E-state index is 8.89. The van der Waals surface area contributed by atoms with Gasteiger partial charge in [-0.2, -0.15) is 0 Å². The fourth-order valence-corrected chi connectivity index (χ4v) is 1.45. The molecule has 2 rings (SSSR count). The van der Waals surface area contributed by atoms with Crippen LogP contribution in [0.15, 0.2) is 24.3 Å². The second-order valence-electron chi connectivity index (χ2n) is 2.83. The lowest BCUT2D eigenvalue weighted by molar-refractivity contribution is -0.0453. The zero-order valence-corrected chi connectivity index (χ0v) is 7.42. The number of rotatable bonds is 1. The van der Waals surface area contributed by atoms with Gasteiger partial charge < -0.3 is 15.2 Å². The molecule has 0 bridgehead atoms. The molecule has 13 heavy (non-hydrogen) atoms. The molecule has 3 nitrogen and oxygen atoms in total. The fourth-order valence-electron chi connectivity index (χ4n) is 1.27. The Balaban J connectivity index is 2.62. The quantitative estimate of drug-likeness (QED) is 0.611. The monoisotopic (exact) mass is 197 g/mol. The molecule has 0 saturated heterocycles. The topological polar surface area (TPSA) is 56.2 Å². The molecule has 0 aliphatic carbocycles. The van der Waals surface area contributed by atoms with Gasteiger partial charge in [0.05, 0.1) is 5.69 Å². The zero-order valence-electron chi connectivity index (χ0n) is 6.66. The van der Waals surface area contributed by atoms with E-state index in [0.29, 0.717) is 10.7 Å². The van der Waals surface area contributed by atoms with Gasteiger partial charge in [-0.25, -0.2) is 0 Å². The van der Waals surface area contributed by atoms with Crippen molar-refractivity contribution >= 4 is 22.5 Å². The summed E-state index contributed by atoms with van der Waals surface area (Å²) >= 11 is 5.77. The van der Waals surface area contributed by atoms with Crippen molar-refractivity contribution in [1.29, 1.82) is 0 Å². The van der Waals surface area contributed by atoms with Crippen molar-refractivity contribution in [2.24, 2.45) is 0 Å². The van der Waals surface area contributed by atoms with Crippen LogP contribution in [0.25, 0.3) is 10.9 Å². The fraction of sp³-hybridized carbons (Fsp3) is 0.111. The number of nitrogens with one attached hydrogen (secondary N) is 1. The predicted octanol–water partition coefficient (Wildman–Crippen LogP) is 1.80. The maximum absolute atomic E-state index is 8.89. The van der Waals surface area contributed by atoms with Gasteiger partial charge in [-0.3, -0.25) is 0 Å². The molecule has 0 atom stereocenters. The van der Waals surface area contributed by atoms with E-state index in [-0.39, 0.29) is 0 Å². The van der Waals surface area contributed by atoms with Gasteiger partial charge in [-0.15, -0.1) is 0 Å². The summed E-state index contributed by atoms with van der Waals surface area (Å²) in [6.07, 6.45) is -1.47. The highest BCUT2D eigenvalue weighted by molar-refractivity contribution is 6.31. The molecule has 0 radical (unpaired) electrons. The minimum Gasteiger partial charge on any atom is -0.363 e. The third-order valence-electron chi connectivity index (χ3n) is 1.88. The lowest BCUT2D eigenvalue weighted by Gasteiger charge is -1.96. The molecule has 3 N–H and O–H groups in total. The van der Waals surface area contributed by atoms with Gasteiger partial charge in [-0.1, -0.05) is 11.6 Å². The number of benzene rings is 1. The number of H-pyrrole nitrogens is 1. The number of aromatic amines is 1. The zero-order chi connectivity index (χ0) is 9.42. The SMILES string of the molecule is OC(O)c1cc2cc(Cl)ccc2[nH]1. The number of aromatic nitrogens is 1. The van der Waals surface area contributed by atoms with Crippen molar-refractivity contribution in [2.45, 2.75) is 6.29 Å². The molecule has 0 aliphatic rings. The second-order valence-corrected chi connectivity index (χ2v) is 3.27. The van der Waals surface area contributed by atoms with E-state index in [1.54, 1.807) is 24.3 Å². The Morgan fingerprint density at radius 2 is 2.00 bits per heavy atom. The van der Waals surface area contributed by atoms with E-state index in [2.05, 4.69) is 4.98 Å². The van der Waals surface area contributed by atoms with E-state index in [4.69, 9.17) is 21.8 Å². The molecular formula is C9H8ClNO2. The molecule has 2 aromatic rings. The van der Waals surface area contributed by atoms with Gasteiger partial charge in [0, 0.05) is 15.9 Å². The molecule has 68 valence electrons. The van der Waals surface area contributed by atoms with Gasteiger partial charge in [0.1, 0.15) is 0 Å². The lowest BCUT2D eigenvalue weighted by Crippen LogP contribution is -1.93. The number of hydrogen-bond acceptors (Lipinski definition) is 2. The molecule has 1 aromatic carbocycles. The van der Waals surface area contributed by atoms with Crippen molar-refractivity contribution in [1.82, 2.24) is 4.98 Å². The second kappa shape index (κ2) is 3.03. The van der Waals surface area contributed by atoms with Crippen molar-refractivity contribution in [3.05, 3.63) is 35.0 Å². The molecule has 0 amide bonds. The van der Waals surface area contributed by atoms with E-state index in [9.17, 15) is 0 Å². The van der Waals surface area contributed by atoms with Crippen molar-refractivity contribution in [3.8, 4) is 0 Å². The highest BCUT2D eigenvalue weighted by Crippen LogP contribution is 2.22. The van der Waals surface area contributed by atoms with Gasteiger partial charge in [0.2, 0.25) is 0 Å². The molecule has 1 aromatic heterocycles. The van der Waals surface area contributed by atoms with Crippen LogP contribution in [0.1, 0.15) is 12.0 Å². The number of aliphatic hydroxyl groups is 2. The Kier molecular flexibility index (Phi) is 2.00. The Morgan fingerprint density at radius 1 is 1.23 bits per heavy atom. The van der Waals surface area contributed by atoms with Crippen LogP contribution in [0, 0.1) is 0 Å². The van der Waals surface area contributed by atoms with Crippen LogP contribution in [0.3, 0.4) is 0 Å². The smallest absolute Gasteiger partial charge is 0.193 e. The summed E-state index contributed by atoms with van der Waals surface area (Å²) in [6.45, 7) is 0. The molecule has 4 heteroatoms. The summed E-state index contributed by atoms with van der Waals surface area (Å²) in [4.78, 5) is 2.86. The van der Waals surface area contributed by atoms with Crippen molar-refractivity contribution in [2.75, 3.05) is 0 Å². The average Bonchev–Trinajstić information content (AvgIpc) is 2.46. The highest BCUT2D eigenvalue weighted by atomic mass is 35.5. The molecule has 0 unspecified atom stereocenters. The van der Waals surface area contributed by atoms with Gasteiger partial charge in [0.15, 0.2) is 6.29 Å². The summed E-state index contributed by atoms with van der Waals surface area (Å²) in [5, 5.41) is 19.3. The molecule has 0 aliphatic heterocycles. The minimum atomic E-state index is -1.47. The normalized spacial score (nSPS) is 11.4. The Bertz CT molecular complexity index is 436. The standard InChI is InChI=1S/C9H8ClNO2/c10-6-1-2-7-5(3-6)4-8(11-7)9(12)13/h1-4,9,11-13H.